The summed E-state index contributed by atoms with van der Waals surface area (Å²) in [6, 6.07) is 0. The van der Waals surface area contributed by atoms with Crippen LogP contribution in [0.3, 0.4) is 0 Å². The van der Waals surface area contributed by atoms with Gasteiger partial charge in [0.25, 0.3) is 0 Å². The van der Waals surface area contributed by atoms with Crippen molar-refractivity contribution in [3.8, 4) is 0 Å². The second-order valence-corrected chi connectivity index (χ2v) is 15.2. The standard InChI is InChI=1S/C42H75O10P/c1-3-5-7-9-11-13-15-17-19-21-23-25-27-29-31-33-41(45)49-37-40(38-51-53(47,48)50-36-39(44)35-43)52-42(46)34-32-30-28-26-24-22-20-18-16-14-12-10-8-6-4-2/h5,7,9,11,13,15,17,19,39-40,43-44H,3-4,6,8,10,12,14,16,18,20-38H2,1-2H3,(H,47,48)/b7-5+,11-9+,15-13+,19-17+/t39-,40+/m0/s1. The predicted molar refractivity (Wildman–Crippen MR) is 214 cm³/mol. The molecule has 0 rings (SSSR count). The van der Waals surface area contributed by atoms with E-state index in [9.17, 15) is 24.2 Å². The summed E-state index contributed by atoms with van der Waals surface area (Å²) in [6.07, 6.45) is 39.3. The van der Waals surface area contributed by atoms with Gasteiger partial charge in [-0.15, -0.1) is 0 Å². The highest BCUT2D eigenvalue weighted by Gasteiger charge is 2.27. The van der Waals surface area contributed by atoms with Crippen molar-refractivity contribution >= 4 is 19.8 Å². The minimum Gasteiger partial charge on any atom is -0.462 e. The molecule has 1 unspecified atom stereocenters. The third-order valence-corrected chi connectivity index (χ3v) is 9.54. The van der Waals surface area contributed by atoms with Crippen LogP contribution >= 0.6 is 7.82 Å². The number of phosphoric acid groups is 1. The molecule has 0 aliphatic heterocycles. The number of ether oxygens (including phenoxy) is 2. The molecular formula is C42H75O10P. The second kappa shape index (κ2) is 38.2. The van der Waals surface area contributed by atoms with Crippen LogP contribution in [0.5, 0.6) is 0 Å². The van der Waals surface area contributed by atoms with Crippen LogP contribution in [0.1, 0.15) is 168 Å². The molecule has 10 nitrogen and oxygen atoms in total. The zero-order chi connectivity index (χ0) is 39.1. The number of hydrogen-bond donors (Lipinski definition) is 3. The normalized spacial score (nSPS) is 14.4. The summed E-state index contributed by atoms with van der Waals surface area (Å²) in [7, 11) is -4.62. The first-order valence-electron chi connectivity index (χ1n) is 20.6. The van der Waals surface area contributed by atoms with Gasteiger partial charge in [0.1, 0.15) is 12.7 Å². The maximum atomic E-state index is 12.6. The smallest absolute Gasteiger partial charge is 0.462 e. The Bertz CT molecular complexity index is 1030. The molecule has 0 heterocycles. The zero-order valence-electron chi connectivity index (χ0n) is 33.2. The fraction of sp³-hybridized carbons (Fsp3) is 0.762. The topological polar surface area (TPSA) is 149 Å². The van der Waals surface area contributed by atoms with Crippen molar-refractivity contribution in [1.82, 2.24) is 0 Å². The van der Waals surface area contributed by atoms with Gasteiger partial charge in [0.05, 0.1) is 19.8 Å². The van der Waals surface area contributed by atoms with Gasteiger partial charge in [-0.25, -0.2) is 4.57 Å². The lowest BCUT2D eigenvalue weighted by Crippen LogP contribution is -2.29. The van der Waals surface area contributed by atoms with Crippen LogP contribution in [-0.4, -0.2) is 65.7 Å². The molecule has 0 saturated heterocycles. The van der Waals surface area contributed by atoms with Gasteiger partial charge in [-0.2, -0.15) is 0 Å². The van der Waals surface area contributed by atoms with Crippen molar-refractivity contribution in [2.75, 3.05) is 26.4 Å². The second-order valence-electron chi connectivity index (χ2n) is 13.7. The number of rotatable bonds is 38. The summed E-state index contributed by atoms with van der Waals surface area (Å²) in [6.45, 7) is 2.21. The van der Waals surface area contributed by atoms with Crippen molar-refractivity contribution in [2.24, 2.45) is 0 Å². The molecule has 0 aromatic carbocycles. The van der Waals surface area contributed by atoms with Gasteiger partial charge in [0.2, 0.25) is 0 Å². The minimum atomic E-state index is -4.62. The number of aliphatic hydroxyl groups excluding tert-OH is 2. The van der Waals surface area contributed by atoms with Gasteiger partial charge < -0.3 is 24.6 Å². The van der Waals surface area contributed by atoms with Crippen LogP contribution in [-0.2, 0) is 32.7 Å². The molecule has 3 atom stereocenters. The fourth-order valence-corrected chi connectivity index (χ4v) is 6.20. The Labute approximate surface area is 322 Å². The Morgan fingerprint density at radius 2 is 1.04 bits per heavy atom. The van der Waals surface area contributed by atoms with E-state index in [0.29, 0.717) is 12.8 Å². The molecule has 0 amide bonds. The Kier molecular flexibility index (Phi) is 36.7. The summed E-state index contributed by atoms with van der Waals surface area (Å²) in [5.41, 5.74) is 0. The zero-order valence-corrected chi connectivity index (χ0v) is 34.1. The molecule has 53 heavy (non-hydrogen) atoms. The highest BCUT2D eigenvalue weighted by atomic mass is 31.2. The van der Waals surface area contributed by atoms with Gasteiger partial charge >= 0.3 is 19.8 Å². The first-order chi connectivity index (χ1) is 25.7. The molecule has 0 radical (unpaired) electrons. The number of phosphoric ester groups is 1. The molecule has 0 fully saturated rings. The van der Waals surface area contributed by atoms with Gasteiger partial charge in [-0.1, -0.05) is 172 Å². The molecule has 0 aromatic rings. The first-order valence-corrected chi connectivity index (χ1v) is 22.1. The monoisotopic (exact) mass is 771 g/mol. The summed E-state index contributed by atoms with van der Waals surface area (Å²) < 4.78 is 32.6. The molecule has 308 valence electrons. The van der Waals surface area contributed by atoms with Crippen molar-refractivity contribution < 1.29 is 47.8 Å². The van der Waals surface area contributed by atoms with Gasteiger partial charge in [0.15, 0.2) is 6.10 Å². The number of hydrogen-bond acceptors (Lipinski definition) is 9. The Hall–Kier alpha value is -2.07. The number of allylic oxidation sites excluding steroid dienone is 8. The number of aliphatic hydroxyl groups is 2. The Balaban J connectivity index is 4.36. The average Bonchev–Trinajstić information content (AvgIpc) is 3.14. The number of unbranched alkanes of at least 4 members (excludes halogenated alkanes) is 19. The van der Waals surface area contributed by atoms with Crippen LogP contribution in [0, 0.1) is 0 Å². The van der Waals surface area contributed by atoms with Crippen LogP contribution < -0.4 is 0 Å². The molecule has 0 bridgehead atoms. The van der Waals surface area contributed by atoms with Crippen molar-refractivity contribution in [3.05, 3.63) is 48.6 Å². The van der Waals surface area contributed by atoms with Crippen LogP contribution in [0.4, 0.5) is 0 Å². The van der Waals surface area contributed by atoms with E-state index in [1.54, 1.807) is 0 Å². The molecule has 11 heteroatoms. The molecular weight excluding hydrogens is 695 g/mol. The van der Waals surface area contributed by atoms with Crippen molar-refractivity contribution in [2.45, 2.75) is 180 Å². The largest absolute Gasteiger partial charge is 0.472 e. The van der Waals surface area contributed by atoms with E-state index in [1.807, 2.05) is 30.4 Å². The molecule has 0 aliphatic carbocycles. The van der Waals surface area contributed by atoms with Crippen LogP contribution in [0.15, 0.2) is 48.6 Å². The van der Waals surface area contributed by atoms with E-state index < -0.39 is 51.8 Å². The quantitative estimate of drug-likeness (QED) is 0.0240. The molecule has 0 aliphatic rings. The first kappa shape index (κ1) is 50.9. The minimum absolute atomic E-state index is 0.180. The lowest BCUT2D eigenvalue weighted by molar-refractivity contribution is -0.161. The lowest BCUT2D eigenvalue weighted by Gasteiger charge is -2.20. The van der Waals surface area contributed by atoms with E-state index in [2.05, 4.69) is 36.6 Å². The maximum absolute atomic E-state index is 12.6. The summed E-state index contributed by atoms with van der Waals surface area (Å²) in [4.78, 5) is 34.9. The van der Waals surface area contributed by atoms with E-state index in [4.69, 9.17) is 19.1 Å². The predicted octanol–water partition coefficient (Wildman–Crippen LogP) is 10.6. The summed E-state index contributed by atoms with van der Waals surface area (Å²) in [5.74, 6) is -0.951. The van der Waals surface area contributed by atoms with E-state index >= 15 is 0 Å². The average molecular weight is 771 g/mol. The third kappa shape index (κ3) is 38.0. The maximum Gasteiger partial charge on any atom is 0.472 e. The van der Waals surface area contributed by atoms with Gasteiger partial charge in [-0.05, 0) is 32.1 Å². The Morgan fingerprint density at radius 1 is 0.585 bits per heavy atom. The highest BCUT2D eigenvalue weighted by Crippen LogP contribution is 2.43. The number of carbonyl (C=O) groups excluding carboxylic acids is 2. The van der Waals surface area contributed by atoms with Gasteiger partial charge in [0, 0.05) is 12.8 Å². The Morgan fingerprint density at radius 3 is 1.57 bits per heavy atom. The van der Waals surface area contributed by atoms with E-state index in [0.717, 1.165) is 57.8 Å². The summed E-state index contributed by atoms with van der Waals surface area (Å²) in [5, 5.41) is 18.3. The molecule has 0 aromatic heterocycles. The molecule has 0 saturated carbocycles. The van der Waals surface area contributed by atoms with Gasteiger partial charge in [-0.3, -0.25) is 18.6 Å². The lowest BCUT2D eigenvalue weighted by atomic mass is 10.0. The van der Waals surface area contributed by atoms with E-state index in [1.165, 1.54) is 70.6 Å². The van der Waals surface area contributed by atoms with Crippen LogP contribution in [0.25, 0.3) is 0 Å². The van der Waals surface area contributed by atoms with E-state index in [-0.39, 0.29) is 19.4 Å². The highest BCUT2D eigenvalue weighted by molar-refractivity contribution is 7.47. The van der Waals surface area contributed by atoms with Crippen molar-refractivity contribution in [3.63, 3.8) is 0 Å². The van der Waals surface area contributed by atoms with Crippen LogP contribution in [0.2, 0.25) is 0 Å². The molecule has 0 spiro atoms. The summed E-state index contributed by atoms with van der Waals surface area (Å²) >= 11 is 0. The number of carbonyl (C=O) groups is 2. The third-order valence-electron chi connectivity index (χ3n) is 8.59. The van der Waals surface area contributed by atoms with Crippen molar-refractivity contribution in [1.29, 1.82) is 0 Å². The fourth-order valence-electron chi connectivity index (χ4n) is 5.42. The number of esters is 2. The molecule has 3 N–H and O–H groups in total. The SMILES string of the molecule is CC/C=C/C=C/C=C/C=C/CCCCCCCC(=O)OC[C@H](COP(=O)(O)OC[C@@H](O)CO)OC(=O)CCCCCCCCCCCCCCCCC.